The third-order valence-corrected chi connectivity index (χ3v) is 3.54. The molecule has 1 amide bonds. The molecule has 0 heterocycles. The van der Waals surface area contributed by atoms with Gasteiger partial charge in [-0.05, 0) is 30.9 Å². The zero-order valence-electron chi connectivity index (χ0n) is 13.6. The van der Waals surface area contributed by atoms with Crippen molar-refractivity contribution in [3.8, 4) is 5.75 Å². The lowest BCUT2D eigenvalue weighted by atomic mass is 10.1. The SMILES string of the molecule is CCC(CC)N(CC(C)C)C(=O)COc1ccccc1N. The maximum atomic E-state index is 12.5. The van der Waals surface area contributed by atoms with Gasteiger partial charge in [-0.2, -0.15) is 0 Å². The molecule has 0 bridgehead atoms. The Balaban J connectivity index is 2.70. The topological polar surface area (TPSA) is 55.6 Å². The summed E-state index contributed by atoms with van der Waals surface area (Å²) in [5, 5.41) is 0. The molecule has 1 aromatic carbocycles. The molecule has 2 N–H and O–H groups in total. The minimum atomic E-state index is 0.0284. The van der Waals surface area contributed by atoms with E-state index in [-0.39, 0.29) is 18.6 Å². The average molecular weight is 292 g/mol. The number of nitrogens with zero attached hydrogens (tertiary/aromatic N) is 1. The molecule has 4 nitrogen and oxygen atoms in total. The van der Waals surface area contributed by atoms with Gasteiger partial charge < -0.3 is 15.4 Å². The first-order valence-electron chi connectivity index (χ1n) is 7.76. The summed E-state index contributed by atoms with van der Waals surface area (Å²) in [5.74, 6) is 1.04. The van der Waals surface area contributed by atoms with E-state index < -0.39 is 0 Å². The van der Waals surface area contributed by atoms with E-state index in [1.807, 2.05) is 17.0 Å². The van der Waals surface area contributed by atoms with Crippen LogP contribution in [0.4, 0.5) is 5.69 Å². The van der Waals surface area contributed by atoms with Crippen LogP contribution in [0.25, 0.3) is 0 Å². The van der Waals surface area contributed by atoms with Crippen LogP contribution in [0.1, 0.15) is 40.5 Å². The van der Waals surface area contributed by atoms with Gasteiger partial charge in [-0.3, -0.25) is 4.79 Å². The number of para-hydroxylation sites is 2. The molecule has 0 radical (unpaired) electrons. The predicted octanol–water partition coefficient (Wildman–Crippen LogP) is 3.32. The maximum Gasteiger partial charge on any atom is 0.260 e. The summed E-state index contributed by atoms with van der Waals surface area (Å²) in [6.07, 6.45) is 1.92. The van der Waals surface area contributed by atoms with Gasteiger partial charge in [0.2, 0.25) is 0 Å². The van der Waals surface area contributed by atoms with Gasteiger partial charge in [0.05, 0.1) is 5.69 Å². The van der Waals surface area contributed by atoms with E-state index in [0.29, 0.717) is 17.4 Å². The molecular formula is C17H28N2O2. The molecule has 0 unspecified atom stereocenters. The third kappa shape index (κ3) is 5.29. The molecule has 4 heteroatoms. The molecule has 0 fully saturated rings. The Bertz CT molecular complexity index is 442. The number of rotatable bonds is 8. The number of ether oxygens (including phenoxy) is 1. The number of nitrogens with two attached hydrogens (primary N) is 1. The highest BCUT2D eigenvalue weighted by Gasteiger charge is 2.22. The number of carbonyl (C=O) groups is 1. The fourth-order valence-corrected chi connectivity index (χ4v) is 2.41. The molecule has 0 aliphatic heterocycles. The van der Waals surface area contributed by atoms with Gasteiger partial charge in [-0.1, -0.05) is 39.8 Å². The summed E-state index contributed by atoms with van der Waals surface area (Å²) in [4.78, 5) is 14.4. The lowest BCUT2D eigenvalue weighted by molar-refractivity contribution is -0.136. The Morgan fingerprint density at radius 3 is 2.38 bits per heavy atom. The fourth-order valence-electron chi connectivity index (χ4n) is 2.41. The van der Waals surface area contributed by atoms with Crippen LogP contribution < -0.4 is 10.5 Å². The van der Waals surface area contributed by atoms with Crippen molar-refractivity contribution in [2.75, 3.05) is 18.9 Å². The average Bonchev–Trinajstić information content (AvgIpc) is 2.46. The Kier molecular flexibility index (Phi) is 7.06. The molecule has 0 saturated carbocycles. The van der Waals surface area contributed by atoms with E-state index in [1.54, 1.807) is 12.1 Å². The molecule has 0 spiro atoms. The Hall–Kier alpha value is -1.71. The van der Waals surface area contributed by atoms with Crippen molar-refractivity contribution >= 4 is 11.6 Å². The third-order valence-electron chi connectivity index (χ3n) is 3.54. The summed E-state index contributed by atoms with van der Waals surface area (Å²) in [5.41, 5.74) is 6.38. The van der Waals surface area contributed by atoms with Crippen molar-refractivity contribution in [2.24, 2.45) is 5.92 Å². The molecule has 1 aromatic rings. The lowest BCUT2D eigenvalue weighted by Crippen LogP contribution is -2.44. The van der Waals surface area contributed by atoms with E-state index in [0.717, 1.165) is 19.4 Å². The van der Waals surface area contributed by atoms with Crippen LogP contribution in [0.2, 0.25) is 0 Å². The molecule has 21 heavy (non-hydrogen) atoms. The van der Waals surface area contributed by atoms with E-state index >= 15 is 0 Å². The van der Waals surface area contributed by atoms with Gasteiger partial charge >= 0.3 is 0 Å². The fraction of sp³-hybridized carbons (Fsp3) is 0.588. The van der Waals surface area contributed by atoms with Crippen LogP contribution >= 0.6 is 0 Å². The summed E-state index contributed by atoms with van der Waals surface area (Å²) in [6.45, 7) is 9.28. The highest BCUT2D eigenvalue weighted by atomic mass is 16.5. The number of hydrogen-bond acceptors (Lipinski definition) is 3. The van der Waals surface area contributed by atoms with Crippen molar-refractivity contribution in [3.05, 3.63) is 24.3 Å². The van der Waals surface area contributed by atoms with E-state index in [9.17, 15) is 4.79 Å². The second-order valence-electron chi connectivity index (χ2n) is 5.74. The molecule has 0 atom stereocenters. The van der Waals surface area contributed by atoms with E-state index in [2.05, 4.69) is 27.7 Å². The largest absolute Gasteiger partial charge is 0.482 e. The lowest BCUT2D eigenvalue weighted by Gasteiger charge is -2.32. The minimum absolute atomic E-state index is 0.0284. The zero-order chi connectivity index (χ0) is 15.8. The number of benzene rings is 1. The van der Waals surface area contributed by atoms with Gasteiger partial charge in [0.1, 0.15) is 5.75 Å². The molecule has 1 rings (SSSR count). The Morgan fingerprint density at radius 2 is 1.86 bits per heavy atom. The second-order valence-corrected chi connectivity index (χ2v) is 5.74. The maximum absolute atomic E-state index is 12.5. The highest BCUT2D eigenvalue weighted by Crippen LogP contribution is 2.20. The van der Waals surface area contributed by atoms with E-state index in [1.165, 1.54) is 0 Å². The van der Waals surface area contributed by atoms with Crippen molar-refractivity contribution in [1.82, 2.24) is 4.90 Å². The summed E-state index contributed by atoms with van der Waals surface area (Å²) < 4.78 is 5.58. The van der Waals surface area contributed by atoms with Gasteiger partial charge in [0, 0.05) is 12.6 Å². The summed E-state index contributed by atoms with van der Waals surface area (Å²) >= 11 is 0. The van der Waals surface area contributed by atoms with Crippen molar-refractivity contribution in [2.45, 2.75) is 46.6 Å². The smallest absolute Gasteiger partial charge is 0.260 e. The molecule has 0 aliphatic carbocycles. The van der Waals surface area contributed by atoms with Gasteiger partial charge in [0.15, 0.2) is 6.61 Å². The number of nitrogen functional groups attached to an aromatic ring is 1. The van der Waals surface area contributed by atoms with Crippen LogP contribution in [0.5, 0.6) is 5.75 Å². The second kappa shape index (κ2) is 8.55. The molecule has 0 aromatic heterocycles. The van der Waals surface area contributed by atoms with Crippen LogP contribution in [0.3, 0.4) is 0 Å². The van der Waals surface area contributed by atoms with Crippen LogP contribution in [-0.4, -0.2) is 30.0 Å². The number of carbonyl (C=O) groups excluding carboxylic acids is 1. The normalized spacial score (nSPS) is 11.0. The van der Waals surface area contributed by atoms with Gasteiger partial charge in [-0.25, -0.2) is 0 Å². The Morgan fingerprint density at radius 1 is 1.24 bits per heavy atom. The summed E-state index contributed by atoms with van der Waals surface area (Å²) in [7, 11) is 0. The number of hydrogen-bond donors (Lipinski definition) is 1. The molecule has 0 saturated heterocycles. The van der Waals surface area contributed by atoms with Crippen molar-refractivity contribution < 1.29 is 9.53 Å². The Labute approximate surface area is 128 Å². The van der Waals surface area contributed by atoms with Gasteiger partial charge in [0.25, 0.3) is 5.91 Å². The highest BCUT2D eigenvalue weighted by molar-refractivity contribution is 5.78. The standard InChI is InChI=1S/C17H28N2O2/c1-5-14(6-2)19(11-13(3)4)17(20)12-21-16-10-8-7-9-15(16)18/h7-10,13-14H,5-6,11-12,18H2,1-4H3. The first-order valence-corrected chi connectivity index (χ1v) is 7.76. The van der Waals surface area contributed by atoms with E-state index in [4.69, 9.17) is 10.5 Å². The number of amides is 1. The minimum Gasteiger partial charge on any atom is -0.482 e. The first kappa shape index (κ1) is 17.3. The monoisotopic (exact) mass is 292 g/mol. The number of anilines is 1. The van der Waals surface area contributed by atoms with Gasteiger partial charge in [-0.15, -0.1) is 0 Å². The predicted molar refractivity (Wildman–Crippen MR) is 87.3 cm³/mol. The van der Waals surface area contributed by atoms with Crippen molar-refractivity contribution in [1.29, 1.82) is 0 Å². The quantitative estimate of drug-likeness (QED) is 0.748. The first-order chi connectivity index (χ1) is 9.99. The van der Waals surface area contributed by atoms with Crippen molar-refractivity contribution in [3.63, 3.8) is 0 Å². The van der Waals surface area contributed by atoms with Crippen LogP contribution in [-0.2, 0) is 4.79 Å². The van der Waals surface area contributed by atoms with Crippen LogP contribution in [0, 0.1) is 5.92 Å². The molecule has 0 aliphatic rings. The zero-order valence-corrected chi connectivity index (χ0v) is 13.6. The molecule has 118 valence electrons. The summed E-state index contributed by atoms with van der Waals surface area (Å²) in [6, 6.07) is 7.53. The molecular weight excluding hydrogens is 264 g/mol. The van der Waals surface area contributed by atoms with Crippen LogP contribution in [0.15, 0.2) is 24.3 Å².